The van der Waals surface area contributed by atoms with Crippen molar-refractivity contribution in [2.45, 2.75) is 32.9 Å². The van der Waals surface area contributed by atoms with E-state index in [1.54, 1.807) is 12.1 Å². The Morgan fingerprint density at radius 3 is 2.24 bits per heavy atom. The van der Waals surface area contributed by atoms with Gasteiger partial charge in [0.15, 0.2) is 0 Å². The Labute approximate surface area is 101 Å². The SMILES string of the molecule is C#CC(NCc1ccc(C(F)F)cc1)C(C)C. The highest BCUT2D eigenvalue weighted by atomic mass is 19.3. The van der Waals surface area contributed by atoms with Gasteiger partial charge in [0.05, 0.1) is 6.04 Å². The van der Waals surface area contributed by atoms with Crippen molar-refractivity contribution < 1.29 is 8.78 Å². The minimum atomic E-state index is -2.41. The van der Waals surface area contributed by atoms with Gasteiger partial charge in [0.25, 0.3) is 6.43 Å². The molecule has 0 aliphatic rings. The van der Waals surface area contributed by atoms with E-state index in [0.29, 0.717) is 12.5 Å². The standard InChI is InChI=1S/C14H17F2N/c1-4-13(10(2)3)17-9-11-5-7-12(8-6-11)14(15)16/h1,5-8,10,13-14,17H,9H2,2-3H3. The first-order valence-electron chi connectivity index (χ1n) is 5.61. The van der Waals surface area contributed by atoms with E-state index in [4.69, 9.17) is 6.42 Å². The second kappa shape index (κ2) is 6.36. The summed E-state index contributed by atoms with van der Waals surface area (Å²) < 4.78 is 24.7. The molecule has 0 aromatic heterocycles. The highest BCUT2D eigenvalue weighted by Crippen LogP contribution is 2.18. The Hall–Kier alpha value is -1.40. The number of halogens is 2. The summed E-state index contributed by atoms with van der Waals surface area (Å²) in [4.78, 5) is 0. The van der Waals surface area contributed by atoms with Crippen LogP contribution in [0.4, 0.5) is 8.78 Å². The first kappa shape index (κ1) is 13.7. The molecule has 0 amide bonds. The topological polar surface area (TPSA) is 12.0 Å². The zero-order valence-electron chi connectivity index (χ0n) is 10.1. The lowest BCUT2D eigenvalue weighted by Gasteiger charge is -2.16. The number of terminal acetylenes is 1. The molecule has 0 heterocycles. The molecule has 1 aromatic rings. The lowest BCUT2D eigenvalue weighted by molar-refractivity contribution is 0.151. The Bertz CT molecular complexity index is 376. The van der Waals surface area contributed by atoms with Crippen LogP contribution < -0.4 is 5.32 Å². The van der Waals surface area contributed by atoms with Crippen LogP contribution >= 0.6 is 0 Å². The molecule has 0 radical (unpaired) electrons. The van der Waals surface area contributed by atoms with Crippen LogP contribution in [-0.2, 0) is 6.54 Å². The van der Waals surface area contributed by atoms with Crippen LogP contribution in [0.3, 0.4) is 0 Å². The number of nitrogens with one attached hydrogen (secondary N) is 1. The molecule has 1 rings (SSSR count). The molecule has 0 saturated carbocycles. The number of hydrogen-bond acceptors (Lipinski definition) is 1. The molecule has 1 atom stereocenters. The molecule has 0 aliphatic carbocycles. The molecule has 0 spiro atoms. The minimum absolute atomic E-state index is 0.00442. The molecule has 0 saturated heterocycles. The monoisotopic (exact) mass is 237 g/mol. The maximum atomic E-state index is 12.3. The second-order valence-corrected chi connectivity index (χ2v) is 4.31. The second-order valence-electron chi connectivity index (χ2n) is 4.31. The van der Waals surface area contributed by atoms with Crippen LogP contribution in [0.15, 0.2) is 24.3 Å². The lowest BCUT2D eigenvalue weighted by Crippen LogP contribution is -2.31. The van der Waals surface area contributed by atoms with E-state index < -0.39 is 6.43 Å². The summed E-state index contributed by atoms with van der Waals surface area (Å²) >= 11 is 0. The molecule has 1 N–H and O–H groups in total. The highest BCUT2D eigenvalue weighted by molar-refractivity contribution is 5.23. The van der Waals surface area contributed by atoms with Gasteiger partial charge in [-0.2, -0.15) is 0 Å². The predicted octanol–water partition coefficient (Wildman–Crippen LogP) is 3.37. The zero-order valence-corrected chi connectivity index (χ0v) is 10.1. The Balaban J connectivity index is 2.56. The zero-order chi connectivity index (χ0) is 12.8. The van der Waals surface area contributed by atoms with Crippen molar-refractivity contribution >= 4 is 0 Å². The van der Waals surface area contributed by atoms with Gasteiger partial charge in [-0.05, 0) is 11.5 Å². The van der Waals surface area contributed by atoms with E-state index in [9.17, 15) is 8.78 Å². The average molecular weight is 237 g/mol. The molecule has 1 nitrogen and oxygen atoms in total. The normalized spacial score (nSPS) is 12.8. The summed E-state index contributed by atoms with van der Waals surface area (Å²) in [5, 5.41) is 3.21. The van der Waals surface area contributed by atoms with Crippen LogP contribution in [0, 0.1) is 18.3 Å². The Morgan fingerprint density at radius 2 is 1.82 bits per heavy atom. The third-order valence-electron chi connectivity index (χ3n) is 2.60. The average Bonchev–Trinajstić information content (AvgIpc) is 2.30. The lowest BCUT2D eigenvalue weighted by atomic mass is 10.0. The summed E-state index contributed by atoms with van der Waals surface area (Å²) in [6, 6.07) is 6.29. The quantitative estimate of drug-likeness (QED) is 0.774. The largest absolute Gasteiger partial charge is 0.299 e. The minimum Gasteiger partial charge on any atom is -0.299 e. The molecule has 92 valence electrons. The van der Waals surface area contributed by atoms with E-state index in [1.165, 1.54) is 12.1 Å². The van der Waals surface area contributed by atoms with Gasteiger partial charge in [-0.3, -0.25) is 5.32 Å². The number of benzene rings is 1. The van der Waals surface area contributed by atoms with Crippen LogP contribution in [0.1, 0.15) is 31.4 Å². The van der Waals surface area contributed by atoms with Gasteiger partial charge in [-0.25, -0.2) is 8.78 Å². The Morgan fingerprint density at radius 1 is 1.24 bits per heavy atom. The molecule has 3 heteroatoms. The van der Waals surface area contributed by atoms with Gasteiger partial charge in [0.1, 0.15) is 0 Å². The number of rotatable bonds is 5. The first-order chi connectivity index (χ1) is 8.04. The van der Waals surface area contributed by atoms with Crippen LogP contribution in [0.2, 0.25) is 0 Å². The van der Waals surface area contributed by atoms with E-state index in [0.717, 1.165) is 5.56 Å². The summed E-state index contributed by atoms with van der Waals surface area (Å²) in [6.07, 6.45) is 2.98. The van der Waals surface area contributed by atoms with Gasteiger partial charge in [-0.1, -0.05) is 44.0 Å². The fourth-order valence-electron chi connectivity index (χ4n) is 1.50. The Kier molecular flexibility index (Phi) is 5.11. The fourth-order valence-corrected chi connectivity index (χ4v) is 1.50. The molecular formula is C14H17F2N. The maximum absolute atomic E-state index is 12.3. The first-order valence-corrected chi connectivity index (χ1v) is 5.61. The molecule has 1 aromatic carbocycles. The molecule has 0 fully saturated rings. The van der Waals surface area contributed by atoms with E-state index in [2.05, 4.69) is 11.2 Å². The summed E-state index contributed by atoms with van der Waals surface area (Å²) in [5.74, 6) is 3.02. The van der Waals surface area contributed by atoms with Crippen LogP contribution in [0.25, 0.3) is 0 Å². The van der Waals surface area contributed by atoms with E-state index in [-0.39, 0.29) is 11.6 Å². The molecule has 17 heavy (non-hydrogen) atoms. The van der Waals surface area contributed by atoms with Crippen LogP contribution in [-0.4, -0.2) is 6.04 Å². The highest BCUT2D eigenvalue weighted by Gasteiger charge is 2.09. The summed E-state index contributed by atoms with van der Waals surface area (Å²) in [7, 11) is 0. The van der Waals surface area contributed by atoms with Crippen molar-refractivity contribution in [3.8, 4) is 12.3 Å². The maximum Gasteiger partial charge on any atom is 0.263 e. The summed E-state index contributed by atoms with van der Waals surface area (Å²) in [6.45, 7) is 4.67. The smallest absolute Gasteiger partial charge is 0.263 e. The van der Waals surface area contributed by atoms with Crippen molar-refractivity contribution in [2.24, 2.45) is 5.92 Å². The molecular weight excluding hydrogens is 220 g/mol. The van der Waals surface area contributed by atoms with Crippen LogP contribution in [0.5, 0.6) is 0 Å². The fraction of sp³-hybridized carbons (Fsp3) is 0.429. The molecule has 0 bridgehead atoms. The van der Waals surface area contributed by atoms with E-state index in [1.807, 2.05) is 13.8 Å². The van der Waals surface area contributed by atoms with Gasteiger partial charge in [0.2, 0.25) is 0 Å². The van der Waals surface area contributed by atoms with Crippen molar-refractivity contribution in [1.29, 1.82) is 0 Å². The number of alkyl halides is 2. The van der Waals surface area contributed by atoms with E-state index >= 15 is 0 Å². The molecule has 0 aliphatic heterocycles. The van der Waals surface area contributed by atoms with Gasteiger partial charge in [0, 0.05) is 12.1 Å². The van der Waals surface area contributed by atoms with Crippen molar-refractivity contribution in [1.82, 2.24) is 5.32 Å². The third-order valence-corrected chi connectivity index (χ3v) is 2.60. The predicted molar refractivity (Wildman–Crippen MR) is 65.7 cm³/mol. The summed E-state index contributed by atoms with van der Waals surface area (Å²) in [5.41, 5.74) is 1.00. The van der Waals surface area contributed by atoms with Crippen molar-refractivity contribution in [3.63, 3.8) is 0 Å². The molecule has 1 unspecified atom stereocenters. The van der Waals surface area contributed by atoms with Gasteiger partial charge in [-0.15, -0.1) is 6.42 Å². The van der Waals surface area contributed by atoms with Gasteiger partial charge < -0.3 is 0 Å². The van der Waals surface area contributed by atoms with Crippen molar-refractivity contribution in [2.75, 3.05) is 0 Å². The van der Waals surface area contributed by atoms with Crippen molar-refractivity contribution in [3.05, 3.63) is 35.4 Å². The third kappa shape index (κ3) is 4.16. The van der Waals surface area contributed by atoms with Gasteiger partial charge >= 0.3 is 0 Å². The number of hydrogen-bond donors (Lipinski definition) is 1.